The van der Waals surface area contributed by atoms with Crippen molar-refractivity contribution in [3.63, 3.8) is 0 Å². The van der Waals surface area contributed by atoms with Gasteiger partial charge >= 0.3 is 0 Å². The highest BCUT2D eigenvalue weighted by molar-refractivity contribution is 6.37. The van der Waals surface area contributed by atoms with Crippen molar-refractivity contribution < 1.29 is 0 Å². The Morgan fingerprint density at radius 1 is 1.00 bits per heavy atom. The summed E-state index contributed by atoms with van der Waals surface area (Å²) in [4.78, 5) is 8.93. The molecular weight excluding hydrogens is 291 g/mol. The van der Waals surface area contributed by atoms with Crippen LogP contribution in [0.3, 0.4) is 0 Å². The van der Waals surface area contributed by atoms with Crippen LogP contribution >= 0.6 is 23.2 Å². The van der Waals surface area contributed by atoms with Crippen LogP contribution in [0.5, 0.6) is 0 Å². The van der Waals surface area contributed by atoms with E-state index in [4.69, 9.17) is 23.2 Å². The lowest BCUT2D eigenvalue weighted by Gasteiger charge is -2.14. The molecule has 0 radical (unpaired) electrons. The summed E-state index contributed by atoms with van der Waals surface area (Å²) in [5.74, 6) is 1.04. The second kappa shape index (κ2) is 6.55. The summed E-state index contributed by atoms with van der Waals surface area (Å²) in [5, 5.41) is 0.863. The monoisotopic (exact) mass is 308 g/mol. The van der Waals surface area contributed by atoms with Gasteiger partial charge in [0.2, 0.25) is 0 Å². The van der Waals surface area contributed by atoms with Gasteiger partial charge in [0, 0.05) is 5.92 Å². The van der Waals surface area contributed by atoms with E-state index in [0.29, 0.717) is 16.2 Å². The SMILES string of the molecule is CCC(CC)c1nc(Cl)c(-c2ccccc2C)c(Cl)n1. The molecule has 2 rings (SSSR count). The Bertz CT molecular complexity index is 584. The Labute approximate surface area is 130 Å². The average molecular weight is 309 g/mol. The van der Waals surface area contributed by atoms with Crippen LogP contribution in [0.15, 0.2) is 24.3 Å². The topological polar surface area (TPSA) is 25.8 Å². The number of hydrogen-bond donors (Lipinski definition) is 0. The highest BCUT2D eigenvalue weighted by Gasteiger charge is 2.18. The van der Waals surface area contributed by atoms with Gasteiger partial charge in [-0.15, -0.1) is 0 Å². The van der Waals surface area contributed by atoms with Gasteiger partial charge in [0.25, 0.3) is 0 Å². The van der Waals surface area contributed by atoms with Crippen molar-refractivity contribution in [3.05, 3.63) is 46.0 Å². The van der Waals surface area contributed by atoms with E-state index >= 15 is 0 Å². The predicted molar refractivity (Wildman–Crippen MR) is 85.5 cm³/mol. The molecule has 106 valence electrons. The quantitative estimate of drug-likeness (QED) is 0.681. The van der Waals surface area contributed by atoms with Crippen LogP contribution in [0.2, 0.25) is 10.3 Å². The van der Waals surface area contributed by atoms with Crippen molar-refractivity contribution in [1.29, 1.82) is 0 Å². The van der Waals surface area contributed by atoms with Crippen LogP contribution in [0.4, 0.5) is 0 Å². The first-order chi connectivity index (χ1) is 9.58. The van der Waals surface area contributed by atoms with E-state index in [1.807, 2.05) is 31.2 Å². The lowest BCUT2D eigenvalue weighted by molar-refractivity contribution is 0.602. The molecule has 0 amide bonds. The lowest BCUT2D eigenvalue weighted by Crippen LogP contribution is -2.04. The normalized spacial score (nSPS) is 11.1. The van der Waals surface area contributed by atoms with Crippen molar-refractivity contribution in [3.8, 4) is 11.1 Å². The molecule has 1 heterocycles. The number of nitrogens with zero attached hydrogens (tertiary/aromatic N) is 2. The molecule has 0 aliphatic carbocycles. The number of rotatable bonds is 4. The molecule has 0 N–H and O–H groups in total. The summed E-state index contributed by atoms with van der Waals surface area (Å²) < 4.78 is 0. The third-order valence-electron chi connectivity index (χ3n) is 3.60. The molecule has 0 aliphatic heterocycles. The Morgan fingerprint density at radius 2 is 1.55 bits per heavy atom. The minimum atomic E-state index is 0.302. The smallest absolute Gasteiger partial charge is 0.142 e. The highest BCUT2D eigenvalue weighted by Crippen LogP contribution is 2.35. The highest BCUT2D eigenvalue weighted by atomic mass is 35.5. The summed E-state index contributed by atoms with van der Waals surface area (Å²) in [6.07, 6.45) is 1.96. The first-order valence-corrected chi connectivity index (χ1v) is 7.63. The molecule has 0 fully saturated rings. The summed E-state index contributed by atoms with van der Waals surface area (Å²) in [6, 6.07) is 7.96. The number of halogens is 2. The van der Waals surface area contributed by atoms with Crippen molar-refractivity contribution in [2.45, 2.75) is 39.5 Å². The molecule has 0 bridgehead atoms. The number of aryl methyl sites for hydroxylation is 1. The second-order valence-electron chi connectivity index (χ2n) is 4.87. The van der Waals surface area contributed by atoms with Gasteiger partial charge in [0.05, 0.1) is 5.56 Å². The van der Waals surface area contributed by atoms with Crippen LogP contribution in [-0.4, -0.2) is 9.97 Å². The number of aromatic nitrogens is 2. The van der Waals surface area contributed by atoms with Gasteiger partial charge in [-0.2, -0.15) is 0 Å². The minimum Gasteiger partial charge on any atom is -0.220 e. The Hall–Kier alpha value is -1.12. The molecule has 0 saturated carbocycles. The van der Waals surface area contributed by atoms with E-state index in [9.17, 15) is 0 Å². The van der Waals surface area contributed by atoms with Gasteiger partial charge in [-0.1, -0.05) is 61.3 Å². The molecular formula is C16H18Cl2N2. The largest absolute Gasteiger partial charge is 0.220 e. The number of benzene rings is 1. The molecule has 1 aromatic heterocycles. The van der Waals surface area contributed by atoms with E-state index in [1.165, 1.54) is 0 Å². The van der Waals surface area contributed by atoms with E-state index in [0.717, 1.165) is 35.4 Å². The van der Waals surface area contributed by atoms with Crippen molar-refractivity contribution >= 4 is 23.2 Å². The predicted octanol–water partition coefficient (Wildman–Crippen LogP) is 5.66. The molecule has 1 aromatic carbocycles. The molecule has 0 atom stereocenters. The summed E-state index contributed by atoms with van der Waals surface area (Å²) in [7, 11) is 0. The maximum Gasteiger partial charge on any atom is 0.142 e. The summed E-state index contributed by atoms with van der Waals surface area (Å²) >= 11 is 12.7. The fraction of sp³-hybridized carbons (Fsp3) is 0.375. The zero-order valence-electron chi connectivity index (χ0n) is 12.0. The fourth-order valence-electron chi connectivity index (χ4n) is 2.34. The average Bonchev–Trinajstić information content (AvgIpc) is 2.41. The third-order valence-corrected chi connectivity index (χ3v) is 4.15. The van der Waals surface area contributed by atoms with Gasteiger partial charge in [-0.3, -0.25) is 0 Å². The summed E-state index contributed by atoms with van der Waals surface area (Å²) in [6.45, 7) is 6.26. The van der Waals surface area contributed by atoms with Crippen LogP contribution in [0.1, 0.15) is 44.0 Å². The van der Waals surface area contributed by atoms with Crippen LogP contribution in [-0.2, 0) is 0 Å². The first-order valence-electron chi connectivity index (χ1n) is 6.87. The van der Waals surface area contributed by atoms with E-state index in [-0.39, 0.29) is 0 Å². The van der Waals surface area contributed by atoms with Gasteiger partial charge in [0.15, 0.2) is 0 Å². The maximum atomic E-state index is 6.36. The zero-order valence-corrected chi connectivity index (χ0v) is 13.5. The van der Waals surface area contributed by atoms with Crippen LogP contribution in [0.25, 0.3) is 11.1 Å². The van der Waals surface area contributed by atoms with Crippen molar-refractivity contribution in [1.82, 2.24) is 9.97 Å². The fourth-order valence-corrected chi connectivity index (χ4v) is 2.94. The lowest BCUT2D eigenvalue weighted by atomic mass is 10.0. The molecule has 0 unspecified atom stereocenters. The van der Waals surface area contributed by atoms with E-state index in [1.54, 1.807) is 0 Å². The molecule has 4 heteroatoms. The molecule has 2 aromatic rings. The second-order valence-corrected chi connectivity index (χ2v) is 5.58. The van der Waals surface area contributed by atoms with Gasteiger partial charge in [-0.05, 0) is 30.9 Å². The maximum absolute atomic E-state index is 6.36. The summed E-state index contributed by atoms with van der Waals surface area (Å²) in [5.41, 5.74) is 2.81. The molecule has 0 aliphatic rings. The standard InChI is InChI=1S/C16H18Cl2N2/c1-4-11(5-2)16-19-14(17)13(15(18)20-16)12-9-7-6-8-10(12)3/h6-9,11H,4-5H2,1-3H3. The van der Waals surface area contributed by atoms with Gasteiger partial charge in [0.1, 0.15) is 16.1 Å². The third kappa shape index (κ3) is 2.97. The van der Waals surface area contributed by atoms with Crippen LogP contribution < -0.4 is 0 Å². The van der Waals surface area contributed by atoms with Gasteiger partial charge in [-0.25, -0.2) is 9.97 Å². The number of hydrogen-bond acceptors (Lipinski definition) is 2. The zero-order chi connectivity index (χ0) is 14.7. The van der Waals surface area contributed by atoms with Gasteiger partial charge < -0.3 is 0 Å². The molecule has 2 nitrogen and oxygen atoms in total. The van der Waals surface area contributed by atoms with Crippen LogP contribution in [0, 0.1) is 6.92 Å². The first kappa shape index (κ1) is 15.3. The van der Waals surface area contributed by atoms with Crippen molar-refractivity contribution in [2.24, 2.45) is 0 Å². The Balaban J connectivity index is 2.55. The Kier molecular flexibility index (Phi) is 5.00. The van der Waals surface area contributed by atoms with E-state index in [2.05, 4.69) is 23.8 Å². The molecule has 20 heavy (non-hydrogen) atoms. The Morgan fingerprint density at radius 3 is 2.05 bits per heavy atom. The minimum absolute atomic E-state index is 0.302. The van der Waals surface area contributed by atoms with E-state index < -0.39 is 0 Å². The molecule has 0 spiro atoms. The molecule has 0 saturated heterocycles. The van der Waals surface area contributed by atoms with Crippen molar-refractivity contribution in [2.75, 3.05) is 0 Å².